The van der Waals surface area contributed by atoms with E-state index < -0.39 is 12.0 Å². The number of carbonyl (C=O) groups is 2. The fraction of sp³-hybridized carbons (Fsp3) is 0.579. The van der Waals surface area contributed by atoms with Gasteiger partial charge in [-0.15, -0.1) is 0 Å². The summed E-state index contributed by atoms with van der Waals surface area (Å²) in [5.41, 5.74) is 1.54. The number of aliphatic carboxylic acids is 1. The van der Waals surface area contributed by atoms with Crippen LogP contribution in [0.1, 0.15) is 46.6 Å². The average Bonchev–Trinajstić information content (AvgIpc) is 2.89. The van der Waals surface area contributed by atoms with Crippen LogP contribution in [0.25, 0.3) is 0 Å². The van der Waals surface area contributed by atoms with Crippen molar-refractivity contribution in [2.24, 2.45) is 5.41 Å². The van der Waals surface area contributed by atoms with Gasteiger partial charge in [-0.25, -0.2) is 4.79 Å². The third-order valence-electron chi connectivity index (χ3n) is 3.28. The van der Waals surface area contributed by atoms with Crippen LogP contribution < -0.4 is 0 Å². The summed E-state index contributed by atoms with van der Waals surface area (Å²) in [5.74, 6) is -1.20. The molecule has 0 saturated carbocycles. The van der Waals surface area contributed by atoms with Gasteiger partial charge >= 0.3 is 5.97 Å². The van der Waals surface area contributed by atoms with E-state index in [-0.39, 0.29) is 12.0 Å². The van der Waals surface area contributed by atoms with Crippen LogP contribution in [0.2, 0.25) is 0 Å². The number of ether oxygens (including phenoxy) is 1. The van der Waals surface area contributed by atoms with Gasteiger partial charge in [-0.05, 0) is 11.0 Å². The van der Waals surface area contributed by atoms with E-state index >= 15 is 0 Å². The normalized spacial score (nSPS) is 20.3. The summed E-state index contributed by atoms with van der Waals surface area (Å²) in [6, 6.07) is 8.92. The molecule has 5 heteroatoms. The highest BCUT2D eigenvalue weighted by Crippen LogP contribution is 2.21. The van der Waals surface area contributed by atoms with Crippen molar-refractivity contribution >= 4 is 11.9 Å². The molecule has 24 heavy (non-hydrogen) atoms. The molecule has 2 unspecified atom stereocenters. The summed E-state index contributed by atoms with van der Waals surface area (Å²) in [4.78, 5) is 23.8. The van der Waals surface area contributed by atoms with E-state index in [4.69, 9.17) is 9.84 Å². The molecule has 1 aliphatic heterocycles. The van der Waals surface area contributed by atoms with E-state index in [1.807, 2.05) is 30.3 Å². The lowest BCUT2D eigenvalue weighted by Gasteiger charge is -2.18. The Morgan fingerprint density at radius 2 is 1.75 bits per heavy atom. The minimum absolute atomic E-state index is 0.217. The van der Waals surface area contributed by atoms with Gasteiger partial charge in [0.05, 0.1) is 12.7 Å². The molecule has 1 aromatic carbocycles. The minimum Gasteiger partial charge on any atom is -0.480 e. The molecule has 2 rings (SSSR count). The molecule has 134 valence electrons. The number of amides is 1. The van der Waals surface area contributed by atoms with Crippen LogP contribution in [0.3, 0.4) is 0 Å². The lowest BCUT2D eigenvalue weighted by atomic mass is 10.0. The fourth-order valence-electron chi connectivity index (χ4n) is 2.29. The third kappa shape index (κ3) is 7.59. The van der Waals surface area contributed by atoms with Crippen molar-refractivity contribution in [3.63, 3.8) is 0 Å². The molecular formula is C19H29NO4. The lowest BCUT2D eigenvalue weighted by molar-refractivity contribution is -0.147. The van der Waals surface area contributed by atoms with Gasteiger partial charge in [-0.2, -0.15) is 0 Å². The number of rotatable bonds is 4. The molecule has 2 atom stereocenters. The number of benzene rings is 1. The maximum atomic E-state index is 11.4. The molecule has 0 aromatic heterocycles. The first-order valence-corrected chi connectivity index (χ1v) is 8.23. The second-order valence-corrected chi connectivity index (χ2v) is 7.68. The van der Waals surface area contributed by atoms with Crippen molar-refractivity contribution in [3.05, 3.63) is 35.9 Å². The van der Waals surface area contributed by atoms with Crippen molar-refractivity contribution in [1.82, 2.24) is 4.90 Å². The molecule has 1 N–H and O–H groups in total. The average molecular weight is 335 g/mol. The standard InChI is InChI=1S/C14H17NO4.C5H12/c1-10(16)15-8-12(7-13(15)14(17)18)19-9-11-5-3-2-4-6-11;1-5(2,3)4/h2-6,12-13H,7-9H2,1H3,(H,17,18);1-4H3. The van der Waals surface area contributed by atoms with Gasteiger partial charge < -0.3 is 14.7 Å². The first-order valence-electron chi connectivity index (χ1n) is 8.23. The van der Waals surface area contributed by atoms with E-state index in [1.54, 1.807) is 0 Å². The summed E-state index contributed by atoms with van der Waals surface area (Å²) in [7, 11) is 0. The van der Waals surface area contributed by atoms with Gasteiger partial charge in [-0.1, -0.05) is 58.0 Å². The predicted octanol–water partition coefficient (Wildman–Crippen LogP) is 3.33. The third-order valence-corrected chi connectivity index (χ3v) is 3.28. The predicted molar refractivity (Wildman–Crippen MR) is 93.6 cm³/mol. The highest BCUT2D eigenvalue weighted by atomic mass is 16.5. The Kier molecular flexibility index (Phi) is 7.42. The Labute approximate surface area is 144 Å². The Bertz CT molecular complexity index is 508. The van der Waals surface area contributed by atoms with E-state index in [0.717, 1.165) is 5.56 Å². The first-order chi connectivity index (χ1) is 11.1. The Balaban J connectivity index is 0.000000505. The van der Waals surface area contributed by atoms with Crippen molar-refractivity contribution in [2.75, 3.05) is 6.54 Å². The first kappa shape index (κ1) is 20.2. The van der Waals surface area contributed by atoms with Gasteiger partial charge in [0.1, 0.15) is 6.04 Å². The monoisotopic (exact) mass is 335 g/mol. The number of hydrogen-bond acceptors (Lipinski definition) is 3. The van der Waals surface area contributed by atoms with Gasteiger partial charge in [-0.3, -0.25) is 4.79 Å². The number of nitrogens with zero attached hydrogens (tertiary/aromatic N) is 1. The van der Waals surface area contributed by atoms with E-state index in [2.05, 4.69) is 27.7 Å². The zero-order valence-electron chi connectivity index (χ0n) is 15.3. The SMILES string of the molecule is CC(=O)N1CC(OCc2ccccc2)CC1C(=O)O.CC(C)(C)C. The van der Waals surface area contributed by atoms with Crippen LogP contribution in [-0.4, -0.2) is 40.6 Å². The summed E-state index contributed by atoms with van der Waals surface area (Å²) >= 11 is 0. The van der Waals surface area contributed by atoms with Crippen molar-refractivity contribution in [1.29, 1.82) is 0 Å². The molecule has 1 aliphatic rings. The molecule has 1 saturated heterocycles. The fourth-order valence-corrected chi connectivity index (χ4v) is 2.29. The Morgan fingerprint density at radius 3 is 2.17 bits per heavy atom. The quantitative estimate of drug-likeness (QED) is 0.916. The Morgan fingerprint density at radius 1 is 1.21 bits per heavy atom. The molecular weight excluding hydrogens is 306 g/mol. The summed E-state index contributed by atoms with van der Waals surface area (Å²) < 4.78 is 5.69. The number of carbonyl (C=O) groups excluding carboxylic acids is 1. The second-order valence-electron chi connectivity index (χ2n) is 7.68. The number of likely N-dealkylation sites (tertiary alicyclic amines) is 1. The smallest absolute Gasteiger partial charge is 0.326 e. The topological polar surface area (TPSA) is 66.8 Å². The maximum absolute atomic E-state index is 11.4. The van der Waals surface area contributed by atoms with Crippen LogP contribution in [0.5, 0.6) is 0 Å². The number of hydrogen-bond donors (Lipinski definition) is 1. The molecule has 0 spiro atoms. The molecule has 5 nitrogen and oxygen atoms in total. The number of carboxylic acids is 1. The zero-order chi connectivity index (χ0) is 18.3. The summed E-state index contributed by atoms with van der Waals surface area (Å²) in [5, 5.41) is 9.09. The highest BCUT2D eigenvalue weighted by molar-refractivity contribution is 5.83. The minimum atomic E-state index is -0.971. The van der Waals surface area contributed by atoms with E-state index in [1.165, 1.54) is 11.8 Å². The van der Waals surface area contributed by atoms with Gasteiger partial charge in [0, 0.05) is 19.9 Å². The lowest BCUT2D eigenvalue weighted by Crippen LogP contribution is -2.39. The van der Waals surface area contributed by atoms with Crippen LogP contribution >= 0.6 is 0 Å². The summed E-state index contributed by atoms with van der Waals surface area (Å²) in [6.45, 7) is 10.9. The molecule has 0 aliphatic carbocycles. The largest absolute Gasteiger partial charge is 0.480 e. The molecule has 1 fully saturated rings. The maximum Gasteiger partial charge on any atom is 0.326 e. The molecule has 0 bridgehead atoms. The van der Waals surface area contributed by atoms with Crippen molar-refractivity contribution in [2.45, 2.75) is 59.8 Å². The van der Waals surface area contributed by atoms with Crippen LogP contribution in [0.15, 0.2) is 30.3 Å². The van der Waals surface area contributed by atoms with Crippen LogP contribution in [0.4, 0.5) is 0 Å². The molecule has 1 aromatic rings. The zero-order valence-corrected chi connectivity index (χ0v) is 15.3. The van der Waals surface area contributed by atoms with Crippen LogP contribution in [-0.2, 0) is 20.9 Å². The van der Waals surface area contributed by atoms with Crippen molar-refractivity contribution < 1.29 is 19.4 Å². The van der Waals surface area contributed by atoms with Gasteiger partial charge in [0.15, 0.2) is 0 Å². The van der Waals surface area contributed by atoms with Crippen molar-refractivity contribution in [3.8, 4) is 0 Å². The van der Waals surface area contributed by atoms with E-state index in [0.29, 0.717) is 25.0 Å². The number of carboxylic acid groups (broad SMARTS) is 1. The molecule has 1 amide bonds. The molecule has 0 radical (unpaired) electrons. The second kappa shape index (κ2) is 8.83. The van der Waals surface area contributed by atoms with Gasteiger partial charge in [0.2, 0.25) is 5.91 Å². The Hall–Kier alpha value is -1.88. The van der Waals surface area contributed by atoms with Crippen LogP contribution in [0, 0.1) is 5.41 Å². The molecule has 1 heterocycles. The summed E-state index contributed by atoms with van der Waals surface area (Å²) in [6.07, 6.45) is 0.132. The highest BCUT2D eigenvalue weighted by Gasteiger charge is 2.38. The van der Waals surface area contributed by atoms with E-state index in [9.17, 15) is 9.59 Å². The van der Waals surface area contributed by atoms with Gasteiger partial charge in [0.25, 0.3) is 0 Å².